The molecule has 4 aliphatic rings. The number of likely N-dealkylation sites (N-methyl/N-ethyl adjacent to an activating group) is 1. The SMILES string of the molecule is Cc1cnc2c(c1)NC(=O)C1(C[C@@H](C(N)=O)N(C(=O)[C@H](CC3CC3)N(C)C(=O)[C@@H](N)CC3CC3)C1)O2. The van der Waals surface area contributed by atoms with Crippen molar-refractivity contribution >= 4 is 29.3 Å². The van der Waals surface area contributed by atoms with Crippen LogP contribution in [0.15, 0.2) is 12.3 Å². The van der Waals surface area contributed by atoms with Crippen LogP contribution in [0.5, 0.6) is 5.88 Å². The summed E-state index contributed by atoms with van der Waals surface area (Å²) in [5.41, 5.74) is 11.7. The molecule has 2 saturated carbocycles. The van der Waals surface area contributed by atoms with Crippen LogP contribution >= 0.6 is 0 Å². The maximum atomic E-state index is 13.9. The molecule has 1 saturated heterocycles. The molecule has 1 aromatic heterocycles. The molecule has 11 heteroatoms. The van der Waals surface area contributed by atoms with Crippen LogP contribution in [0.2, 0.25) is 0 Å². The normalized spacial score (nSPS) is 26.6. The Balaban J connectivity index is 1.39. The standard InChI is InChI=1S/C25H34N6O5/c1-13-7-17-21(28-11-13)36-25(24(35)29-17)10-19(20(27)32)31(12-25)23(34)18(9-15-5-6-15)30(2)22(33)16(26)8-14-3-4-14/h7,11,14-16,18-19H,3-6,8-10,12,26H2,1-2H3,(H2,27,32)(H,29,35)/t16-,18-,19-,25?/m0/s1. The van der Waals surface area contributed by atoms with Crippen molar-refractivity contribution < 1.29 is 23.9 Å². The Labute approximate surface area is 209 Å². The molecule has 5 N–H and O–H groups in total. The molecule has 2 aliphatic carbocycles. The first-order valence-electron chi connectivity index (χ1n) is 12.7. The summed E-state index contributed by atoms with van der Waals surface area (Å²) in [4.78, 5) is 59.7. The summed E-state index contributed by atoms with van der Waals surface area (Å²) in [7, 11) is 1.59. The van der Waals surface area contributed by atoms with Crippen LogP contribution in [0.4, 0.5) is 5.69 Å². The van der Waals surface area contributed by atoms with E-state index in [0.29, 0.717) is 30.4 Å². The van der Waals surface area contributed by atoms with E-state index >= 15 is 0 Å². The Morgan fingerprint density at radius 2 is 1.92 bits per heavy atom. The van der Waals surface area contributed by atoms with Gasteiger partial charge >= 0.3 is 0 Å². The number of primary amides is 1. The van der Waals surface area contributed by atoms with Crippen molar-refractivity contribution in [2.75, 3.05) is 18.9 Å². The fourth-order valence-corrected chi connectivity index (χ4v) is 5.31. The Morgan fingerprint density at radius 1 is 1.25 bits per heavy atom. The van der Waals surface area contributed by atoms with Crippen molar-refractivity contribution in [3.8, 4) is 5.88 Å². The highest BCUT2D eigenvalue weighted by atomic mass is 16.5. The van der Waals surface area contributed by atoms with Gasteiger partial charge in [0.1, 0.15) is 17.8 Å². The Morgan fingerprint density at radius 3 is 2.56 bits per heavy atom. The molecule has 1 aromatic rings. The molecule has 0 aromatic carbocycles. The molecule has 4 amide bonds. The van der Waals surface area contributed by atoms with Crippen LogP contribution in [0.25, 0.3) is 0 Å². The number of rotatable bonds is 8. The highest BCUT2D eigenvalue weighted by molar-refractivity contribution is 6.03. The maximum Gasteiger partial charge on any atom is 0.270 e. The third-order valence-corrected chi connectivity index (χ3v) is 7.83. The monoisotopic (exact) mass is 498 g/mol. The molecule has 1 unspecified atom stereocenters. The number of aromatic nitrogens is 1. The van der Waals surface area contributed by atoms with Crippen molar-refractivity contribution in [3.05, 3.63) is 17.8 Å². The van der Waals surface area contributed by atoms with Gasteiger partial charge in [-0.3, -0.25) is 19.2 Å². The number of hydrogen-bond donors (Lipinski definition) is 3. The smallest absolute Gasteiger partial charge is 0.270 e. The van der Waals surface area contributed by atoms with Crippen LogP contribution in [-0.4, -0.2) is 75.7 Å². The van der Waals surface area contributed by atoms with E-state index < -0.39 is 41.4 Å². The maximum absolute atomic E-state index is 13.9. The molecule has 194 valence electrons. The van der Waals surface area contributed by atoms with E-state index in [2.05, 4.69) is 10.3 Å². The van der Waals surface area contributed by atoms with Gasteiger partial charge in [0.05, 0.1) is 12.6 Å². The molecule has 0 bridgehead atoms. The average Bonchev–Trinajstić information content (AvgIpc) is 3.77. The zero-order valence-electron chi connectivity index (χ0n) is 20.7. The van der Waals surface area contributed by atoms with Crippen molar-refractivity contribution in [1.82, 2.24) is 14.8 Å². The summed E-state index contributed by atoms with van der Waals surface area (Å²) in [6.45, 7) is 1.68. The Hall–Kier alpha value is -3.21. The molecule has 36 heavy (non-hydrogen) atoms. The second-order valence-electron chi connectivity index (χ2n) is 10.9. The van der Waals surface area contributed by atoms with E-state index in [1.807, 2.05) is 6.92 Å². The van der Waals surface area contributed by atoms with E-state index in [4.69, 9.17) is 16.2 Å². The molecular weight excluding hydrogens is 464 g/mol. The summed E-state index contributed by atoms with van der Waals surface area (Å²) in [6, 6.07) is -0.784. The topological polar surface area (TPSA) is 161 Å². The minimum absolute atomic E-state index is 0.0933. The van der Waals surface area contributed by atoms with Gasteiger partial charge in [-0.25, -0.2) is 4.98 Å². The third kappa shape index (κ3) is 4.63. The van der Waals surface area contributed by atoms with E-state index in [1.165, 1.54) is 9.80 Å². The van der Waals surface area contributed by atoms with Crippen molar-refractivity contribution in [3.63, 3.8) is 0 Å². The zero-order valence-corrected chi connectivity index (χ0v) is 20.7. The molecule has 0 radical (unpaired) electrons. The first-order valence-corrected chi connectivity index (χ1v) is 12.7. The number of ether oxygens (including phenoxy) is 1. The number of nitrogens with zero attached hydrogens (tertiary/aromatic N) is 3. The van der Waals surface area contributed by atoms with Crippen LogP contribution in [0.3, 0.4) is 0 Å². The number of carbonyl (C=O) groups excluding carboxylic acids is 4. The number of anilines is 1. The minimum atomic E-state index is -1.50. The quantitative estimate of drug-likeness (QED) is 0.464. The molecule has 4 atom stereocenters. The largest absolute Gasteiger partial charge is 0.457 e. The summed E-state index contributed by atoms with van der Waals surface area (Å²) in [6.07, 6.45) is 6.71. The van der Waals surface area contributed by atoms with Crippen molar-refractivity contribution in [2.24, 2.45) is 23.3 Å². The number of nitrogens with one attached hydrogen (secondary N) is 1. The van der Waals surface area contributed by atoms with E-state index in [0.717, 1.165) is 31.2 Å². The van der Waals surface area contributed by atoms with Gasteiger partial charge in [-0.1, -0.05) is 25.7 Å². The highest BCUT2D eigenvalue weighted by Gasteiger charge is 2.58. The second kappa shape index (κ2) is 9.02. The minimum Gasteiger partial charge on any atom is -0.457 e. The van der Waals surface area contributed by atoms with Crippen LogP contribution in [-0.2, 0) is 19.2 Å². The summed E-state index contributed by atoms with van der Waals surface area (Å²) >= 11 is 0. The first kappa shape index (κ1) is 24.5. The molecule has 2 aliphatic heterocycles. The third-order valence-electron chi connectivity index (χ3n) is 7.83. The number of carbonyl (C=O) groups is 4. The lowest BCUT2D eigenvalue weighted by molar-refractivity contribution is -0.148. The molecule has 5 rings (SSSR count). The number of likely N-dealkylation sites (tertiary alicyclic amines) is 1. The van der Waals surface area contributed by atoms with Gasteiger partial charge in [-0.15, -0.1) is 0 Å². The fraction of sp³-hybridized carbons (Fsp3) is 0.640. The lowest BCUT2D eigenvalue weighted by atomic mass is 9.97. The van der Waals surface area contributed by atoms with Gasteiger partial charge < -0.3 is 31.3 Å². The van der Waals surface area contributed by atoms with Crippen LogP contribution in [0.1, 0.15) is 50.5 Å². The predicted octanol–water partition coefficient (Wildman–Crippen LogP) is 0.300. The van der Waals surface area contributed by atoms with Gasteiger partial charge in [0.25, 0.3) is 5.91 Å². The predicted molar refractivity (Wildman–Crippen MR) is 129 cm³/mol. The van der Waals surface area contributed by atoms with Crippen molar-refractivity contribution in [1.29, 1.82) is 0 Å². The van der Waals surface area contributed by atoms with Crippen molar-refractivity contribution in [2.45, 2.75) is 75.6 Å². The number of fused-ring (bicyclic) bond motifs is 1. The summed E-state index contributed by atoms with van der Waals surface area (Å²) in [5, 5.41) is 2.81. The number of pyridine rings is 1. The van der Waals surface area contributed by atoms with Gasteiger partial charge in [-0.05, 0) is 43.2 Å². The van der Waals surface area contributed by atoms with Gasteiger partial charge in [0, 0.05) is 19.7 Å². The Bertz CT molecular complexity index is 1100. The number of amides is 4. The fourth-order valence-electron chi connectivity index (χ4n) is 5.31. The zero-order chi connectivity index (χ0) is 25.8. The number of aryl methyl sites for hydroxylation is 1. The van der Waals surface area contributed by atoms with E-state index in [-0.39, 0.29) is 24.8 Å². The summed E-state index contributed by atoms with van der Waals surface area (Å²) < 4.78 is 6.05. The lowest BCUT2D eigenvalue weighted by Crippen LogP contribution is -2.57. The highest BCUT2D eigenvalue weighted by Crippen LogP contribution is 2.41. The van der Waals surface area contributed by atoms with E-state index in [1.54, 1.807) is 19.3 Å². The van der Waals surface area contributed by atoms with E-state index in [9.17, 15) is 19.2 Å². The first-order chi connectivity index (χ1) is 17.1. The number of nitrogens with two attached hydrogens (primary N) is 2. The molecule has 3 fully saturated rings. The lowest BCUT2D eigenvalue weighted by Gasteiger charge is -2.35. The van der Waals surface area contributed by atoms with Crippen LogP contribution < -0.4 is 21.5 Å². The summed E-state index contributed by atoms with van der Waals surface area (Å²) in [5.74, 6) is -0.879. The molecule has 11 nitrogen and oxygen atoms in total. The number of hydrogen-bond acceptors (Lipinski definition) is 7. The van der Waals surface area contributed by atoms with Gasteiger partial charge in [0.15, 0.2) is 0 Å². The molecule has 3 heterocycles. The van der Waals surface area contributed by atoms with Gasteiger partial charge in [-0.2, -0.15) is 0 Å². The van der Waals surface area contributed by atoms with Gasteiger partial charge in [0.2, 0.25) is 29.2 Å². The molecule has 1 spiro atoms. The second-order valence-corrected chi connectivity index (χ2v) is 10.9. The van der Waals surface area contributed by atoms with Crippen LogP contribution in [0, 0.1) is 18.8 Å². The average molecular weight is 499 g/mol. The Kier molecular flexibility index (Phi) is 6.14. The molecular formula is C25H34N6O5.